The molecule has 262 valence electrons. The van der Waals surface area contributed by atoms with E-state index in [9.17, 15) is 0 Å². The van der Waals surface area contributed by atoms with E-state index < -0.39 is 36.8 Å². The van der Waals surface area contributed by atoms with Crippen molar-refractivity contribution in [1.29, 1.82) is 0 Å². The summed E-state index contributed by atoms with van der Waals surface area (Å²) in [6, 6.07) is 5.32. The molecule has 4 heteroatoms. The first-order valence-electron chi connectivity index (χ1n) is 19.8. The van der Waals surface area contributed by atoms with E-state index in [1.54, 1.807) is 20.9 Å². The minimum atomic E-state index is -2.15. The predicted octanol–water partition coefficient (Wildman–Crippen LogP) is 14.9. The van der Waals surface area contributed by atoms with Gasteiger partial charge in [0, 0.05) is 0 Å². The summed E-state index contributed by atoms with van der Waals surface area (Å²) in [5.74, 6) is 0. The fourth-order valence-corrected chi connectivity index (χ4v) is 22.7. The molecule has 0 amide bonds. The van der Waals surface area contributed by atoms with Gasteiger partial charge in [0.25, 0.3) is 0 Å². The van der Waals surface area contributed by atoms with Gasteiger partial charge in [0.15, 0.2) is 0 Å². The van der Waals surface area contributed by atoms with Crippen LogP contribution in [-0.4, -0.2) is 36.8 Å². The fraction of sp³-hybridized carbons (Fsp3) is 0.805. The van der Waals surface area contributed by atoms with Gasteiger partial charge in [-0.15, -0.1) is 0 Å². The number of hydrogen-bond acceptors (Lipinski definition) is 2. The standard InChI is InChI=1S/C32H52S2.C3H8.6CH3.2Sn/c1-3-5-7-9-11-13-15-17-19-21-23-29-25-31(33-27-29)32-26-30(28-34-32)24-22-20-18-16-14-12-10-8-6-4-2;1-3-2;;;;;;;;/h25-26H,3-24H2,1-2H3;3H2,1-2H3;6*1H3;;. The first-order chi connectivity index (χ1) is 21.5. The summed E-state index contributed by atoms with van der Waals surface area (Å²) in [6.07, 6.45) is 32.5. The number of aryl methyl sites for hydroxylation is 2. The predicted molar refractivity (Wildman–Crippen MR) is 221 cm³/mol. The van der Waals surface area contributed by atoms with Crippen LogP contribution in [0.4, 0.5) is 0 Å². The number of unbranched alkanes of at least 4 members (excludes halogenated alkanes) is 18. The Morgan fingerprint density at radius 1 is 0.400 bits per heavy atom. The van der Waals surface area contributed by atoms with Gasteiger partial charge in [0.1, 0.15) is 0 Å². The molecule has 0 nitrogen and oxygen atoms in total. The van der Waals surface area contributed by atoms with Crippen LogP contribution in [0, 0.1) is 0 Å². The van der Waals surface area contributed by atoms with Gasteiger partial charge >= 0.3 is 256 Å². The Balaban J connectivity index is 0.00000324. The SMILES string of the molecule is CCC.CCCCCCCCCCCCc1cc(-c2cc(CCCCCCCCCCCC)[c]([Sn]([CH3])([CH3])[CH3])s2)s[c]1[Sn]([CH3])([CH3])[CH3]. The Hall–Kier alpha value is 0.997. The Labute approximate surface area is 300 Å². The molecular formula is C41H78S2Sn2. The second kappa shape index (κ2) is 25.9. The topological polar surface area (TPSA) is 0 Å². The van der Waals surface area contributed by atoms with Crippen LogP contribution < -0.4 is 5.79 Å². The van der Waals surface area contributed by atoms with Crippen molar-refractivity contribution in [3.05, 3.63) is 23.3 Å². The second-order valence-electron chi connectivity index (χ2n) is 16.0. The molecule has 45 heavy (non-hydrogen) atoms. The zero-order chi connectivity index (χ0) is 33.6. The van der Waals surface area contributed by atoms with Crippen molar-refractivity contribution in [3.8, 4) is 9.75 Å². The molecule has 0 saturated heterocycles. The van der Waals surface area contributed by atoms with Crippen molar-refractivity contribution in [3.63, 3.8) is 0 Å². The molecule has 2 aromatic heterocycles. The summed E-state index contributed by atoms with van der Waals surface area (Å²) in [7, 11) is 0. The second-order valence-corrected chi connectivity index (χ2v) is 48.7. The Kier molecular flexibility index (Phi) is 25.3. The molecule has 0 aliphatic carbocycles. The Bertz CT molecular complexity index is 895. The molecule has 0 aliphatic heterocycles. The summed E-state index contributed by atoms with van der Waals surface area (Å²) >= 11 is 0.113. The van der Waals surface area contributed by atoms with Crippen LogP contribution in [0.15, 0.2) is 12.1 Å². The molecule has 0 aliphatic rings. The van der Waals surface area contributed by atoms with Crippen LogP contribution in [0.2, 0.25) is 29.6 Å². The molecule has 0 fully saturated rings. The van der Waals surface area contributed by atoms with Gasteiger partial charge < -0.3 is 0 Å². The third-order valence-electron chi connectivity index (χ3n) is 8.82. The zero-order valence-corrected chi connectivity index (χ0v) is 39.6. The molecular weight excluding hydrogens is 794 g/mol. The van der Waals surface area contributed by atoms with Crippen molar-refractivity contribution in [2.75, 3.05) is 0 Å². The number of rotatable bonds is 25. The third kappa shape index (κ3) is 19.7. The van der Waals surface area contributed by atoms with Crippen molar-refractivity contribution < 1.29 is 0 Å². The number of hydrogen-bond donors (Lipinski definition) is 0. The fourth-order valence-electron chi connectivity index (χ4n) is 6.35. The molecule has 0 atom stereocenters. The van der Waals surface area contributed by atoms with Crippen molar-refractivity contribution in [1.82, 2.24) is 0 Å². The molecule has 0 bridgehead atoms. The van der Waals surface area contributed by atoms with Gasteiger partial charge in [-0.05, 0) is 0 Å². The Morgan fingerprint density at radius 3 is 0.889 bits per heavy atom. The summed E-state index contributed by atoms with van der Waals surface area (Å²) in [4.78, 5) is 19.0. The van der Waals surface area contributed by atoms with Gasteiger partial charge in [0.05, 0.1) is 0 Å². The van der Waals surface area contributed by atoms with Gasteiger partial charge in [-0.3, -0.25) is 0 Å². The van der Waals surface area contributed by atoms with Gasteiger partial charge in [-0.1, -0.05) is 47.0 Å². The van der Waals surface area contributed by atoms with Gasteiger partial charge in [-0.2, -0.15) is 0 Å². The maximum absolute atomic E-state index is 2.66. The average molecular weight is 873 g/mol. The van der Waals surface area contributed by atoms with Crippen LogP contribution >= 0.6 is 22.7 Å². The normalized spacial score (nSPS) is 12.0. The zero-order valence-electron chi connectivity index (χ0n) is 32.2. The summed E-state index contributed by atoms with van der Waals surface area (Å²) in [5, 5.41) is 0. The minimum absolute atomic E-state index is 1.25. The molecule has 0 spiro atoms. The van der Waals surface area contributed by atoms with E-state index in [1.165, 1.54) is 148 Å². The molecule has 0 saturated carbocycles. The van der Waals surface area contributed by atoms with E-state index in [-0.39, 0.29) is 0 Å². The quantitative estimate of drug-likeness (QED) is 0.0689. The molecule has 0 aromatic carbocycles. The third-order valence-corrected chi connectivity index (χ3v) is 30.6. The van der Waals surface area contributed by atoms with Gasteiger partial charge in [-0.25, -0.2) is 0 Å². The first-order valence-corrected chi connectivity index (χ1v) is 41.4. The molecule has 2 rings (SSSR count). The Morgan fingerprint density at radius 2 is 0.644 bits per heavy atom. The maximum atomic E-state index is 2.66. The summed E-state index contributed by atoms with van der Waals surface area (Å²) in [6.45, 7) is 8.88. The molecule has 0 radical (unpaired) electrons. The van der Waals surface area contributed by atoms with Crippen LogP contribution in [-0.2, 0) is 12.8 Å². The van der Waals surface area contributed by atoms with Crippen molar-refractivity contribution in [2.45, 2.75) is 205 Å². The van der Waals surface area contributed by atoms with E-state index >= 15 is 0 Å². The average Bonchev–Trinajstić information content (AvgIpc) is 3.60. The van der Waals surface area contributed by atoms with Crippen LogP contribution in [0.25, 0.3) is 9.75 Å². The van der Waals surface area contributed by atoms with E-state index in [0.29, 0.717) is 0 Å². The van der Waals surface area contributed by atoms with E-state index in [0.717, 1.165) is 0 Å². The van der Waals surface area contributed by atoms with Crippen LogP contribution in [0.5, 0.6) is 0 Å². The van der Waals surface area contributed by atoms with E-state index in [2.05, 4.69) is 92.1 Å². The van der Waals surface area contributed by atoms with Gasteiger partial charge in [0.2, 0.25) is 0 Å². The number of thiophene rings is 2. The summed E-state index contributed by atoms with van der Waals surface area (Å²) < 4.78 is 3.70. The molecule has 0 unspecified atom stereocenters. The van der Waals surface area contributed by atoms with Crippen molar-refractivity contribution in [2.24, 2.45) is 0 Å². The van der Waals surface area contributed by atoms with Crippen LogP contribution in [0.1, 0.15) is 174 Å². The monoisotopic (exact) mass is 874 g/mol. The van der Waals surface area contributed by atoms with E-state index in [1.807, 2.05) is 5.79 Å². The first kappa shape index (κ1) is 44.0. The molecule has 2 aromatic rings. The molecule has 2 heterocycles. The van der Waals surface area contributed by atoms with Crippen LogP contribution in [0.3, 0.4) is 0 Å². The van der Waals surface area contributed by atoms with Crippen molar-refractivity contribution >= 4 is 65.2 Å². The van der Waals surface area contributed by atoms with E-state index in [4.69, 9.17) is 0 Å². The summed E-state index contributed by atoms with van der Waals surface area (Å²) in [5.41, 5.74) is 3.48. The molecule has 0 N–H and O–H groups in total.